The number of halogens is 1. The maximum Gasteiger partial charge on any atom is 0.0741 e. The zero-order valence-corrected chi connectivity index (χ0v) is 13.1. The Morgan fingerprint density at radius 1 is 1.32 bits per heavy atom. The Morgan fingerprint density at radius 2 is 2.18 bits per heavy atom. The van der Waals surface area contributed by atoms with Gasteiger partial charge in [-0.05, 0) is 55.7 Å². The summed E-state index contributed by atoms with van der Waals surface area (Å²) < 4.78 is 0. The van der Waals surface area contributed by atoms with Gasteiger partial charge in [-0.25, -0.2) is 0 Å². The first kappa shape index (κ1) is 14.0. The van der Waals surface area contributed by atoms with Crippen LogP contribution in [0.3, 0.4) is 0 Å². The lowest BCUT2D eigenvalue weighted by Gasteiger charge is -2.36. The fourth-order valence-electron chi connectivity index (χ4n) is 4.12. The highest BCUT2D eigenvalue weighted by Crippen LogP contribution is 2.47. The second-order valence-corrected chi connectivity index (χ2v) is 6.88. The van der Waals surface area contributed by atoms with Crippen LogP contribution in [0.5, 0.6) is 0 Å². The van der Waals surface area contributed by atoms with E-state index < -0.39 is 0 Å². The minimum atomic E-state index is 0.224. The number of pyridine rings is 1. The number of aromatic nitrogens is 1. The van der Waals surface area contributed by atoms with E-state index in [0.717, 1.165) is 48.0 Å². The van der Waals surface area contributed by atoms with Gasteiger partial charge in [0, 0.05) is 34.0 Å². The van der Waals surface area contributed by atoms with Crippen molar-refractivity contribution in [3.05, 3.63) is 46.1 Å². The molecule has 22 heavy (non-hydrogen) atoms. The number of fused-ring (bicyclic) bond motifs is 5. The average Bonchev–Trinajstić information content (AvgIpc) is 2.46. The maximum atomic E-state index is 9.21. The van der Waals surface area contributed by atoms with Crippen molar-refractivity contribution in [1.82, 2.24) is 4.98 Å². The van der Waals surface area contributed by atoms with Crippen molar-refractivity contribution in [3.8, 4) is 0 Å². The summed E-state index contributed by atoms with van der Waals surface area (Å²) in [6.45, 7) is 0.224. The van der Waals surface area contributed by atoms with E-state index in [1.165, 1.54) is 11.1 Å². The highest BCUT2D eigenvalue weighted by molar-refractivity contribution is 6.31. The van der Waals surface area contributed by atoms with Crippen LogP contribution in [-0.4, -0.2) is 16.7 Å². The SMILES string of the molecule is Nc1c2c(nc3cc(Cl)ccc13)C[C@H]1C=C(CCO)C[C@@H]2C1. The number of rotatable bonds is 2. The van der Waals surface area contributed by atoms with Crippen molar-refractivity contribution < 1.29 is 5.11 Å². The molecule has 1 aromatic carbocycles. The Hall–Kier alpha value is -1.58. The van der Waals surface area contributed by atoms with E-state index in [4.69, 9.17) is 22.3 Å². The Balaban J connectivity index is 1.85. The number of hydrogen-bond acceptors (Lipinski definition) is 3. The molecule has 0 aliphatic heterocycles. The van der Waals surface area contributed by atoms with Gasteiger partial charge in [0.2, 0.25) is 0 Å². The van der Waals surface area contributed by atoms with Gasteiger partial charge >= 0.3 is 0 Å². The fraction of sp³-hybridized carbons (Fsp3) is 0.389. The van der Waals surface area contributed by atoms with Crippen LogP contribution in [0.1, 0.15) is 36.4 Å². The summed E-state index contributed by atoms with van der Waals surface area (Å²) in [7, 11) is 0. The van der Waals surface area contributed by atoms with Gasteiger partial charge in [-0.15, -0.1) is 0 Å². The summed E-state index contributed by atoms with van der Waals surface area (Å²) in [5, 5.41) is 10.9. The molecule has 0 radical (unpaired) electrons. The number of nitrogen functional groups attached to an aromatic ring is 1. The highest BCUT2D eigenvalue weighted by atomic mass is 35.5. The molecular weight excluding hydrogens is 296 g/mol. The van der Waals surface area contributed by atoms with E-state index in [2.05, 4.69) is 6.08 Å². The Labute approximate surface area is 134 Å². The van der Waals surface area contributed by atoms with Crippen LogP contribution in [0.25, 0.3) is 10.9 Å². The molecule has 114 valence electrons. The molecule has 4 rings (SSSR count). The molecule has 3 N–H and O–H groups in total. The van der Waals surface area contributed by atoms with Gasteiger partial charge in [0.15, 0.2) is 0 Å². The van der Waals surface area contributed by atoms with Gasteiger partial charge in [-0.3, -0.25) is 4.98 Å². The lowest BCUT2D eigenvalue weighted by Crippen LogP contribution is -2.24. The predicted molar refractivity (Wildman–Crippen MR) is 90.1 cm³/mol. The number of nitrogens with two attached hydrogens (primary N) is 1. The lowest BCUT2D eigenvalue weighted by molar-refractivity contribution is 0.293. The summed E-state index contributed by atoms with van der Waals surface area (Å²) in [4.78, 5) is 4.85. The predicted octanol–water partition coefficient (Wildman–Crippen LogP) is 3.83. The lowest BCUT2D eigenvalue weighted by atomic mass is 9.70. The normalized spacial score (nSPS) is 23.3. The molecule has 0 saturated heterocycles. The fourth-order valence-corrected chi connectivity index (χ4v) is 4.28. The van der Waals surface area contributed by atoms with E-state index in [1.54, 1.807) is 0 Å². The van der Waals surface area contributed by atoms with E-state index in [0.29, 0.717) is 16.9 Å². The number of aliphatic hydroxyl groups excluding tert-OH is 1. The standard InChI is InChI=1S/C18H19ClN2O/c19-13-1-2-14-15(9-13)21-16-8-11-5-10(3-4-22)6-12(7-11)17(16)18(14)20/h1-2,5,9,11-12,22H,3-4,6-8H2,(H2,20,21)/t11-,12+/m0/s1. The molecule has 2 aliphatic carbocycles. The summed E-state index contributed by atoms with van der Waals surface area (Å²) in [6, 6.07) is 5.74. The Bertz CT molecular complexity index is 784. The van der Waals surface area contributed by atoms with Crippen molar-refractivity contribution in [3.63, 3.8) is 0 Å². The first-order chi connectivity index (χ1) is 10.7. The molecule has 2 bridgehead atoms. The minimum Gasteiger partial charge on any atom is -0.398 e. The number of hydrogen-bond donors (Lipinski definition) is 2. The second kappa shape index (κ2) is 5.25. The van der Waals surface area contributed by atoms with Crippen molar-refractivity contribution in [2.45, 2.75) is 31.6 Å². The summed E-state index contributed by atoms with van der Waals surface area (Å²) in [5.74, 6) is 0.962. The van der Waals surface area contributed by atoms with Crippen molar-refractivity contribution >= 4 is 28.2 Å². The molecule has 0 amide bonds. The average molecular weight is 315 g/mol. The third kappa shape index (κ3) is 2.20. The van der Waals surface area contributed by atoms with Crippen LogP contribution < -0.4 is 5.73 Å². The summed E-state index contributed by atoms with van der Waals surface area (Å²) in [6.07, 6.45) is 6.20. The molecule has 2 atom stereocenters. The topological polar surface area (TPSA) is 59.1 Å². The number of aliphatic hydroxyl groups is 1. The highest BCUT2D eigenvalue weighted by Gasteiger charge is 2.33. The van der Waals surface area contributed by atoms with Gasteiger partial charge in [0.05, 0.1) is 5.52 Å². The Kier molecular flexibility index (Phi) is 3.35. The van der Waals surface area contributed by atoms with Gasteiger partial charge < -0.3 is 10.8 Å². The third-order valence-electron chi connectivity index (χ3n) is 4.97. The first-order valence-electron chi connectivity index (χ1n) is 7.83. The van der Waals surface area contributed by atoms with Crippen LogP contribution in [0.2, 0.25) is 5.02 Å². The molecule has 2 aromatic rings. The van der Waals surface area contributed by atoms with Crippen LogP contribution in [0, 0.1) is 5.92 Å². The summed E-state index contributed by atoms with van der Waals surface area (Å²) in [5.41, 5.74) is 12.0. The zero-order chi connectivity index (χ0) is 15.3. The molecule has 2 aliphatic rings. The van der Waals surface area contributed by atoms with Crippen LogP contribution in [0.15, 0.2) is 29.8 Å². The molecule has 0 spiro atoms. The second-order valence-electron chi connectivity index (χ2n) is 6.45. The molecule has 0 fully saturated rings. The van der Waals surface area contributed by atoms with Crippen LogP contribution in [-0.2, 0) is 6.42 Å². The van der Waals surface area contributed by atoms with Gasteiger partial charge in [-0.2, -0.15) is 0 Å². The van der Waals surface area contributed by atoms with Gasteiger partial charge in [0.25, 0.3) is 0 Å². The van der Waals surface area contributed by atoms with Crippen molar-refractivity contribution in [1.29, 1.82) is 0 Å². The monoisotopic (exact) mass is 314 g/mol. The van der Waals surface area contributed by atoms with Crippen molar-refractivity contribution in [2.24, 2.45) is 5.92 Å². The quantitative estimate of drug-likeness (QED) is 0.828. The van der Waals surface area contributed by atoms with E-state index in [9.17, 15) is 5.11 Å². The smallest absolute Gasteiger partial charge is 0.0741 e. The maximum absolute atomic E-state index is 9.21. The van der Waals surface area contributed by atoms with E-state index in [-0.39, 0.29) is 6.61 Å². The number of allylic oxidation sites excluding steroid dienone is 1. The van der Waals surface area contributed by atoms with Crippen LogP contribution in [0.4, 0.5) is 5.69 Å². The molecule has 3 nitrogen and oxygen atoms in total. The van der Waals surface area contributed by atoms with Crippen LogP contribution >= 0.6 is 11.6 Å². The Morgan fingerprint density at radius 3 is 3.00 bits per heavy atom. The molecule has 0 saturated carbocycles. The number of nitrogens with zero attached hydrogens (tertiary/aromatic N) is 1. The van der Waals surface area contributed by atoms with Crippen molar-refractivity contribution in [2.75, 3.05) is 12.3 Å². The summed E-state index contributed by atoms with van der Waals surface area (Å²) >= 11 is 6.09. The molecule has 1 aromatic heterocycles. The largest absolute Gasteiger partial charge is 0.398 e. The van der Waals surface area contributed by atoms with E-state index in [1.807, 2.05) is 18.2 Å². The zero-order valence-electron chi connectivity index (χ0n) is 12.3. The third-order valence-corrected chi connectivity index (χ3v) is 5.21. The number of benzene rings is 1. The van der Waals surface area contributed by atoms with Gasteiger partial charge in [-0.1, -0.05) is 23.3 Å². The molecule has 4 heteroatoms. The first-order valence-corrected chi connectivity index (χ1v) is 8.21. The van der Waals surface area contributed by atoms with E-state index >= 15 is 0 Å². The molecular formula is C18H19ClN2O. The molecule has 1 heterocycles. The minimum absolute atomic E-state index is 0.224. The number of anilines is 1. The molecule has 0 unspecified atom stereocenters. The van der Waals surface area contributed by atoms with Gasteiger partial charge in [0.1, 0.15) is 0 Å².